The Morgan fingerprint density at radius 2 is 1.00 bits per heavy atom. The van der Waals surface area contributed by atoms with Crippen molar-refractivity contribution in [1.82, 2.24) is 0 Å². The van der Waals surface area contributed by atoms with Gasteiger partial charge in [0.25, 0.3) is 0 Å². The predicted octanol–water partition coefficient (Wildman–Crippen LogP) is -2.95. The van der Waals surface area contributed by atoms with Gasteiger partial charge in [-0.15, -0.1) is 0 Å². The molecule has 0 aliphatic rings. The first-order chi connectivity index (χ1) is 2.00. The molecule has 0 aliphatic carbocycles. The van der Waals surface area contributed by atoms with E-state index in [0.717, 1.165) is 0 Å². The van der Waals surface area contributed by atoms with Crippen LogP contribution >= 0.6 is 0 Å². The van der Waals surface area contributed by atoms with Crippen molar-refractivity contribution in [2.24, 2.45) is 0 Å². The van der Waals surface area contributed by atoms with Gasteiger partial charge < -0.3 is 11.0 Å². The van der Waals surface area contributed by atoms with Crippen molar-refractivity contribution in [2.45, 2.75) is 0 Å². The summed E-state index contributed by atoms with van der Waals surface area (Å²) in [5.41, 5.74) is 0. The van der Waals surface area contributed by atoms with Crippen molar-refractivity contribution in [3.8, 4) is 0 Å². The minimum atomic E-state index is -4.67. The van der Waals surface area contributed by atoms with Gasteiger partial charge in [-0.25, -0.2) is 0 Å². The van der Waals surface area contributed by atoms with Crippen LogP contribution in [0.15, 0.2) is 0 Å². The Balaban J connectivity index is -0.0000000133. The molecule has 0 fully saturated rings. The van der Waals surface area contributed by atoms with E-state index < -0.39 is 10.4 Å². The summed E-state index contributed by atoms with van der Waals surface area (Å²) >= 11 is 0. The molecule has 0 saturated carbocycles. The van der Waals surface area contributed by atoms with E-state index in [4.69, 9.17) is 17.5 Å². The molecule has 58 valence electrons. The first-order valence-corrected chi connectivity index (χ1v) is 2.10. The van der Waals surface area contributed by atoms with Crippen molar-refractivity contribution in [3.05, 3.63) is 0 Å². The standard InChI is InChI=1S/K.H2O4S.2H2O.Os.H/c;1-5(2,3)4;;;;/h;(H2,1,2,3,4);2*1H2;;. The van der Waals surface area contributed by atoms with Crippen molar-refractivity contribution in [2.75, 3.05) is 0 Å². The predicted molar refractivity (Wildman–Crippen MR) is 28.6 cm³/mol. The first kappa shape index (κ1) is 30.5. The fraction of sp³-hybridized carbons (Fsp3) is 0. The van der Waals surface area contributed by atoms with Crippen LogP contribution in [0.5, 0.6) is 0 Å². The topological polar surface area (TPSA) is 138 Å². The molecule has 0 amide bonds. The molecule has 0 saturated heterocycles. The smallest absolute Gasteiger partial charge is 0 e. The third-order valence-electron chi connectivity index (χ3n) is 0. The average Bonchev–Trinajstić information content (AvgIpc) is 0.722. The minimum absolute atomic E-state index is 0. The van der Waals surface area contributed by atoms with Crippen molar-refractivity contribution in [1.29, 1.82) is 0 Å². The molecule has 6 nitrogen and oxygen atoms in total. The van der Waals surface area contributed by atoms with Gasteiger partial charge in [0.2, 0.25) is 0 Å². The molecule has 0 aromatic rings. The fourth-order valence-electron chi connectivity index (χ4n) is 0. The zero-order chi connectivity index (χ0) is 4.50. The molecule has 0 aliphatic heterocycles. The molecule has 0 bridgehead atoms. The zero-order valence-electron chi connectivity index (χ0n) is 3.47. The molecule has 0 rings (SSSR count). The zero-order valence-corrected chi connectivity index (χ0v) is 6.83. The molecule has 9 heavy (non-hydrogen) atoms. The monoisotopic (exact) mass is 366 g/mol. The Hall–Kier alpha value is 2.06. The molecule has 0 radical (unpaired) electrons. The summed E-state index contributed by atoms with van der Waals surface area (Å²) in [5.74, 6) is 0. The Bertz CT molecular complexity index is 96.2. The summed E-state index contributed by atoms with van der Waals surface area (Å²) in [5, 5.41) is 0. The van der Waals surface area contributed by atoms with Crippen LogP contribution < -0.4 is 0 Å². The maximum Gasteiger partial charge on any atom is 0 e. The molecule has 0 aromatic carbocycles. The molecule has 6 N–H and O–H groups in total. The van der Waals surface area contributed by atoms with E-state index in [-0.39, 0.29) is 82.1 Å². The fourth-order valence-corrected chi connectivity index (χ4v) is 0. The van der Waals surface area contributed by atoms with E-state index >= 15 is 0 Å². The van der Waals surface area contributed by atoms with E-state index in [1.807, 2.05) is 0 Å². The summed E-state index contributed by atoms with van der Waals surface area (Å²) < 4.78 is 31.6. The van der Waals surface area contributed by atoms with Crippen LogP contribution in [0.25, 0.3) is 0 Å². The second-order valence-electron chi connectivity index (χ2n) is 0.448. The van der Waals surface area contributed by atoms with Gasteiger partial charge in [0, 0.05) is 19.8 Å². The molecular weight excluding hydrogens is 357 g/mol. The van der Waals surface area contributed by atoms with Gasteiger partial charge in [-0.1, -0.05) is 0 Å². The van der Waals surface area contributed by atoms with Crippen LogP contribution in [-0.4, -0.2) is 79.9 Å². The summed E-state index contributed by atoms with van der Waals surface area (Å²) in [6.07, 6.45) is 0. The molecule has 9 heteroatoms. The summed E-state index contributed by atoms with van der Waals surface area (Å²) in [6.45, 7) is 0. The van der Waals surface area contributed by atoms with Gasteiger partial charge in [-0.3, -0.25) is 9.11 Å². The SMILES string of the molecule is O.O.O=S(=O)(O)O.[KH].[Os]. The quantitative estimate of drug-likeness (QED) is 0.350. The van der Waals surface area contributed by atoms with Crippen LogP contribution in [-0.2, 0) is 30.2 Å². The average molecular weight is 364 g/mol. The third-order valence-corrected chi connectivity index (χ3v) is 0. The summed E-state index contributed by atoms with van der Waals surface area (Å²) in [4.78, 5) is 0. The molecule has 0 atom stereocenters. The second-order valence-corrected chi connectivity index (χ2v) is 1.34. The normalized spacial score (nSPS) is 6.44. The largest absolute Gasteiger partial charge is 0 e. The number of rotatable bonds is 0. The second kappa shape index (κ2) is 12.7. The minimum Gasteiger partial charge on any atom is 0 e. The van der Waals surface area contributed by atoms with Crippen LogP contribution in [0.1, 0.15) is 0 Å². The van der Waals surface area contributed by atoms with Gasteiger partial charge >= 0.3 is 61.8 Å². The Morgan fingerprint density at radius 3 is 1.00 bits per heavy atom. The van der Waals surface area contributed by atoms with Crippen molar-refractivity contribution >= 4 is 61.8 Å². The Morgan fingerprint density at radius 1 is 1.00 bits per heavy atom. The van der Waals surface area contributed by atoms with Crippen molar-refractivity contribution in [3.63, 3.8) is 0 Å². The van der Waals surface area contributed by atoms with Crippen LogP contribution in [0.3, 0.4) is 0 Å². The van der Waals surface area contributed by atoms with Crippen LogP contribution in [0.2, 0.25) is 0 Å². The van der Waals surface area contributed by atoms with Gasteiger partial charge in [-0.2, -0.15) is 8.42 Å². The van der Waals surface area contributed by atoms with Crippen molar-refractivity contribution < 1.29 is 48.3 Å². The van der Waals surface area contributed by atoms with Gasteiger partial charge in [0.05, 0.1) is 0 Å². The number of hydrogen-bond acceptors (Lipinski definition) is 2. The van der Waals surface area contributed by atoms with E-state index in [1.54, 1.807) is 0 Å². The van der Waals surface area contributed by atoms with Crippen LogP contribution in [0.4, 0.5) is 0 Å². The maximum atomic E-state index is 8.74. The van der Waals surface area contributed by atoms with E-state index in [1.165, 1.54) is 0 Å². The Labute approximate surface area is 108 Å². The molecular formula is H7KO6OsS. The molecule has 0 spiro atoms. The molecule has 0 unspecified atom stereocenters. The van der Waals surface area contributed by atoms with Gasteiger partial charge in [0.15, 0.2) is 0 Å². The van der Waals surface area contributed by atoms with Gasteiger partial charge in [0.1, 0.15) is 0 Å². The summed E-state index contributed by atoms with van der Waals surface area (Å²) in [7, 11) is -4.67. The van der Waals surface area contributed by atoms with Gasteiger partial charge in [-0.05, 0) is 0 Å². The first-order valence-electron chi connectivity index (χ1n) is 0.698. The third kappa shape index (κ3) is 154. The molecule has 0 aromatic heterocycles. The van der Waals surface area contributed by atoms with Crippen LogP contribution in [0, 0.1) is 0 Å². The Kier molecular flexibility index (Phi) is 43.1. The summed E-state index contributed by atoms with van der Waals surface area (Å²) in [6, 6.07) is 0. The molecule has 0 heterocycles. The number of hydrogen-bond donors (Lipinski definition) is 2. The van der Waals surface area contributed by atoms with E-state index in [2.05, 4.69) is 0 Å². The van der Waals surface area contributed by atoms with E-state index in [9.17, 15) is 0 Å². The van der Waals surface area contributed by atoms with E-state index in [0.29, 0.717) is 0 Å². The maximum absolute atomic E-state index is 8.74.